The second kappa shape index (κ2) is 12.6. The van der Waals surface area contributed by atoms with Crippen LogP contribution in [0.2, 0.25) is 0 Å². The average Bonchev–Trinajstić information content (AvgIpc) is 2.94. The zero-order valence-corrected chi connectivity index (χ0v) is 21.3. The van der Waals surface area contributed by atoms with E-state index in [1.54, 1.807) is 31.4 Å². The fourth-order valence-corrected chi connectivity index (χ4v) is 3.97. The van der Waals surface area contributed by atoms with Crippen molar-refractivity contribution in [2.75, 3.05) is 7.11 Å². The van der Waals surface area contributed by atoms with Gasteiger partial charge in [0.05, 0.1) is 7.11 Å². The van der Waals surface area contributed by atoms with E-state index < -0.39 is 23.7 Å². The Balaban J connectivity index is 1.49. The Hall–Kier alpha value is -4.59. The topological polar surface area (TPSA) is 104 Å². The van der Waals surface area contributed by atoms with Gasteiger partial charge in [0.15, 0.2) is 0 Å². The van der Waals surface area contributed by atoms with Gasteiger partial charge >= 0.3 is 17.7 Å². The van der Waals surface area contributed by atoms with Crippen LogP contribution in [0.25, 0.3) is 22.1 Å². The molecular weight excluding hydrogens is 486 g/mol. The fraction of sp³-hybridized carbons (Fsp3) is 0.233. The van der Waals surface area contributed by atoms with Gasteiger partial charge in [-0.25, -0.2) is 14.4 Å². The van der Waals surface area contributed by atoms with Crippen LogP contribution in [0.3, 0.4) is 0 Å². The second-order valence-corrected chi connectivity index (χ2v) is 8.69. The molecule has 0 aliphatic heterocycles. The standard InChI is InChI=1S/C30H29NO7/c1-3-4-10-26(31-30(34)36-19-20-8-6-5-7-9-20)29(33)37-23-15-16-24-25(18-28(32)38-27(24)17-23)21-11-13-22(35-2)14-12-21/h5-9,11-18,26H,3-4,10,19H2,1-2H3,(H,31,34). The van der Waals surface area contributed by atoms with E-state index in [2.05, 4.69) is 5.32 Å². The number of hydrogen-bond acceptors (Lipinski definition) is 7. The van der Waals surface area contributed by atoms with Crippen LogP contribution in [0.5, 0.6) is 11.5 Å². The van der Waals surface area contributed by atoms with Crippen molar-refractivity contribution in [2.24, 2.45) is 0 Å². The summed E-state index contributed by atoms with van der Waals surface area (Å²) in [5.41, 5.74) is 2.07. The quantitative estimate of drug-likeness (QED) is 0.160. The Bertz CT molecular complexity index is 1450. The van der Waals surface area contributed by atoms with E-state index in [4.69, 9.17) is 18.6 Å². The maximum absolute atomic E-state index is 13.0. The van der Waals surface area contributed by atoms with Gasteiger partial charge < -0.3 is 23.9 Å². The fourth-order valence-electron chi connectivity index (χ4n) is 3.97. The Morgan fingerprint density at radius 3 is 2.39 bits per heavy atom. The minimum absolute atomic E-state index is 0.0858. The molecule has 8 nitrogen and oxygen atoms in total. The SMILES string of the molecule is CCCCC(NC(=O)OCc1ccccc1)C(=O)Oc1ccc2c(-c3ccc(OC)cc3)cc(=O)oc2c1. The molecular formula is C30H29NO7. The van der Waals surface area contributed by atoms with E-state index in [1.807, 2.05) is 49.4 Å². The highest BCUT2D eigenvalue weighted by Crippen LogP contribution is 2.31. The summed E-state index contributed by atoms with van der Waals surface area (Å²) in [4.78, 5) is 37.6. The maximum Gasteiger partial charge on any atom is 0.408 e. The maximum atomic E-state index is 13.0. The van der Waals surface area contributed by atoms with E-state index in [0.29, 0.717) is 29.5 Å². The van der Waals surface area contributed by atoms with Gasteiger partial charge in [0.25, 0.3) is 0 Å². The van der Waals surface area contributed by atoms with Gasteiger partial charge in [-0.3, -0.25) is 0 Å². The van der Waals surface area contributed by atoms with Crippen LogP contribution in [0.15, 0.2) is 88.1 Å². The third-order valence-electron chi connectivity index (χ3n) is 5.97. The zero-order valence-electron chi connectivity index (χ0n) is 21.3. The number of carbonyl (C=O) groups excluding carboxylic acids is 2. The molecule has 8 heteroatoms. The number of carbonyl (C=O) groups is 2. The molecule has 0 saturated heterocycles. The van der Waals surface area contributed by atoms with E-state index in [9.17, 15) is 14.4 Å². The summed E-state index contributed by atoms with van der Waals surface area (Å²) in [6.45, 7) is 2.07. The van der Waals surface area contributed by atoms with Crippen LogP contribution in [0, 0.1) is 0 Å². The Kier molecular flexibility index (Phi) is 8.77. The van der Waals surface area contributed by atoms with Gasteiger partial charge in [-0.15, -0.1) is 0 Å². The lowest BCUT2D eigenvalue weighted by molar-refractivity contribution is -0.136. The zero-order chi connectivity index (χ0) is 26.9. The molecule has 4 aromatic rings. The Morgan fingerprint density at radius 1 is 0.947 bits per heavy atom. The van der Waals surface area contributed by atoms with Crippen molar-refractivity contribution in [1.82, 2.24) is 5.32 Å². The van der Waals surface area contributed by atoms with E-state index >= 15 is 0 Å². The number of unbranched alkanes of at least 4 members (excludes halogenated alkanes) is 1. The number of benzene rings is 3. The van der Waals surface area contributed by atoms with E-state index in [0.717, 1.165) is 17.5 Å². The molecule has 0 spiro atoms. The first-order chi connectivity index (χ1) is 18.5. The predicted molar refractivity (Wildman–Crippen MR) is 143 cm³/mol. The molecule has 0 aliphatic rings. The molecule has 38 heavy (non-hydrogen) atoms. The number of alkyl carbamates (subject to hydrolysis) is 1. The lowest BCUT2D eigenvalue weighted by atomic mass is 10.0. The van der Waals surface area contributed by atoms with Gasteiger partial charge in [0.2, 0.25) is 0 Å². The highest BCUT2D eigenvalue weighted by molar-refractivity contribution is 5.94. The van der Waals surface area contributed by atoms with Crippen molar-refractivity contribution in [3.05, 3.63) is 94.8 Å². The molecule has 1 unspecified atom stereocenters. The average molecular weight is 516 g/mol. The van der Waals surface area contributed by atoms with Crippen molar-refractivity contribution < 1.29 is 28.2 Å². The van der Waals surface area contributed by atoms with E-state index in [1.165, 1.54) is 12.1 Å². The highest BCUT2D eigenvalue weighted by Gasteiger charge is 2.23. The Morgan fingerprint density at radius 2 is 1.68 bits per heavy atom. The molecule has 4 rings (SSSR count). The lowest BCUT2D eigenvalue weighted by Crippen LogP contribution is -2.43. The molecule has 0 radical (unpaired) electrons. The van der Waals surface area contributed by atoms with Gasteiger partial charge in [0.1, 0.15) is 29.7 Å². The number of rotatable bonds is 10. The first-order valence-corrected chi connectivity index (χ1v) is 12.4. The number of methoxy groups -OCH3 is 1. The molecule has 0 bridgehead atoms. The van der Waals surface area contributed by atoms with Crippen LogP contribution in [0.1, 0.15) is 31.7 Å². The minimum Gasteiger partial charge on any atom is -0.497 e. The van der Waals surface area contributed by atoms with Crippen LogP contribution in [-0.2, 0) is 16.1 Å². The third kappa shape index (κ3) is 6.79. The largest absolute Gasteiger partial charge is 0.497 e. The van der Waals surface area contributed by atoms with Gasteiger partial charge in [-0.05, 0) is 47.4 Å². The predicted octanol–water partition coefficient (Wildman–Crippen LogP) is 5.86. The highest BCUT2D eigenvalue weighted by atomic mass is 16.6. The third-order valence-corrected chi connectivity index (χ3v) is 5.97. The smallest absolute Gasteiger partial charge is 0.408 e. The summed E-state index contributed by atoms with van der Waals surface area (Å²) < 4.78 is 21.4. The van der Waals surface area contributed by atoms with Crippen molar-refractivity contribution in [3.8, 4) is 22.6 Å². The number of fused-ring (bicyclic) bond motifs is 1. The van der Waals surface area contributed by atoms with Gasteiger partial charge in [-0.1, -0.05) is 62.2 Å². The summed E-state index contributed by atoms with van der Waals surface area (Å²) in [6.07, 6.45) is 1.22. The van der Waals surface area contributed by atoms with Crippen LogP contribution in [-0.4, -0.2) is 25.2 Å². The molecule has 0 saturated carbocycles. The van der Waals surface area contributed by atoms with Crippen molar-refractivity contribution >= 4 is 23.0 Å². The summed E-state index contributed by atoms with van der Waals surface area (Å²) >= 11 is 0. The Labute approximate surface area is 220 Å². The first-order valence-electron chi connectivity index (χ1n) is 12.4. The van der Waals surface area contributed by atoms with Crippen molar-refractivity contribution in [3.63, 3.8) is 0 Å². The molecule has 1 atom stereocenters. The molecule has 1 aromatic heterocycles. The summed E-state index contributed by atoms with van der Waals surface area (Å²) in [5, 5.41) is 3.29. The van der Waals surface area contributed by atoms with Gasteiger partial charge in [0, 0.05) is 17.5 Å². The number of nitrogens with one attached hydrogen (secondary N) is 1. The number of hydrogen-bond donors (Lipinski definition) is 1. The molecule has 1 N–H and O–H groups in total. The van der Waals surface area contributed by atoms with E-state index in [-0.39, 0.29) is 17.9 Å². The lowest BCUT2D eigenvalue weighted by Gasteiger charge is -2.17. The molecule has 0 aliphatic carbocycles. The van der Waals surface area contributed by atoms with Gasteiger partial charge in [-0.2, -0.15) is 0 Å². The molecule has 0 fully saturated rings. The summed E-state index contributed by atoms with van der Waals surface area (Å²) in [6, 6.07) is 21.9. The second-order valence-electron chi connectivity index (χ2n) is 8.69. The van der Waals surface area contributed by atoms with Crippen LogP contribution < -0.4 is 20.4 Å². The van der Waals surface area contributed by atoms with Crippen LogP contribution in [0.4, 0.5) is 4.79 Å². The summed E-state index contributed by atoms with van der Waals surface area (Å²) in [7, 11) is 1.58. The molecule has 1 heterocycles. The number of esters is 1. The van der Waals surface area contributed by atoms with Crippen molar-refractivity contribution in [2.45, 2.75) is 38.8 Å². The van der Waals surface area contributed by atoms with Crippen LogP contribution >= 0.6 is 0 Å². The van der Waals surface area contributed by atoms with Crippen molar-refractivity contribution in [1.29, 1.82) is 0 Å². The summed E-state index contributed by atoms with van der Waals surface area (Å²) in [5.74, 6) is 0.256. The monoisotopic (exact) mass is 515 g/mol. The first kappa shape index (κ1) is 26.5. The normalized spacial score (nSPS) is 11.5. The molecule has 3 aromatic carbocycles. The number of ether oxygens (including phenoxy) is 3. The molecule has 1 amide bonds. The number of amides is 1. The minimum atomic E-state index is -0.897. The molecule has 196 valence electrons.